The first-order chi connectivity index (χ1) is 9.29. The fraction of sp³-hybridized carbons (Fsp3) is 0.571. The maximum Gasteiger partial charge on any atom is 0.317 e. The van der Waals surface area contributed by atoms with Gasteiger partial charge in [-0.15, -0.1) is 0 Å². The average Bonchev–Trinajstić information content (AvgIpc) is 2.48. The Kier molecular flexibility index (Phi) is 5.15. The molecule has 0 aliphatic carbocycles. The summed E-state index contributed by atoms with van der Waals surface area (Å²) in [6.07, 6.45) is 4.68. The van der Waals surface area contributed by atoms with Gasteiger partial charge in [0.05, 0.1) is 6.10 Å². The molecule has 5 heteroatoms. The lowest BCUT2D eigenvalue weighted by molar-refractivity contribution is 0.0504. The van der Waals surface area contributed by atoms with Gasteiger partial charge in [0.25, 0.3) is 0 Å². The van der Waals surface area contributed by atoms with Crippen LogP contribution in [0.25, 0.3) is 0 Å². The molecule has 2 heterocycles. The summed E-state index contributed by atoms with van der Waals surface area (Å²) < 4.78 is 5.29. The minimum absolute atomic E-state index is 0.0190. The van der Waals surface area contributed by atoms with Gasteiger partial charge in [-0.1, -0.05) is 6.07 Å². The number of pyridine rings is 1. The highest BCUT2D eigenvalue weighted by molar-refractivity contribution is 5.74. The van der Waals surface area contributed by atoms with E-state index in [2.05, 4.69) is 10.3 Å². The molecule has 1 aromatic rings. The first-order valence-corrected chi connectivity index (χ1v) is 6.75. The number of piperidine rings is 1. The predicted octanol–water partition coefficient (Wildman–Crippen LogP) is 1.44. The molecule has 1 saturated heterocycles. The number of methoxy groups -OCH3 is 1. The minimum Gasteiger partial charge on any atom is -0.381 e. The Balaban J connectivity index is 1.67. The normalized spacial score (nSPS) is 16.4. The lowest BCUT2D eigenvalue weighted by atomic mass is 10.1. The van der Waals surface area contributed by atoms with Crippen molar-refractivity contribution in [3.8, 4) is 0 Å². The van der Waals surface area contributed by atoms with Crippen molar-refractivity contribution in [1.82, 2.24) is 15.2 Å². The van der Waals surface area contributed by atoms with Crippen LogP contribution in [0, 0.1) is 0 Å². The molecular weight excluding hydrogens is 242 g/mol. The highest BCUT2D eigenvalue weighted by Gasteiger charge is 2.21. The molecule has 2 rings (SSSR count). The summed E-state index contributed by atoms with van der Waals surface area (Å²) in [4.78, 5) is 18.0. The van der Waals surface area contributed by atoms with E-state index < -0.39 is 0 Å². The van der Waals surface area contributed by atoms with Crippen LogP contribution in [0.2, 0.25) is 0 Å². The largest absolute Gasteiger partial charge is 0.381 e. The SMILES string of the molecule is COC1CCN(C(=O)NCCc2ccccn2)CC1. The van der Waals surface area contributed by atoms with E-state index in [-0.39, 0.29) is 6.03 Å². The van der Waals surface area contributed by atoms with E-state index in [1.165, 1.54) is 0 Å². The molecule has 1 aliphatic rings. The van der Waals surface area contributed by atoms with Crippen LogP contribution < -0.4 is 5.32 Å². The third-order valence-corrected chi connectivity index (χ3v) is 3.45. The molecule has 5 nitrogen and oxygen atoms in total. The number of aromatic nitrogens is 1. The van der Waals surface area contributed by atoms with Crippen LogP contribution in [0.4, 0.5) is 4.79 Å². The Morgan fingerprint density at radius 2 is 2.26 bits per heavy atom. The summed E-state index contributed by atoms with van der Waals surface area (Å²) in [6.45, 7) is 2.17. The van der Waals surface area contributed by atoms with Crippen molar-refractivity contribution in [2.45, 2.75) is 25.4 Å². The molecule has 0 unspecified atom stereocenters. The van der Waals surface area contributed by atoms with Crippen molar-refractivity contribution in [1.29, 1.82) is 0 Å². The van der Waals surface area contributed by atoms with Gasteiger partial charge >= 0.3 is 6.03 Å². The van der Waals surface area contributed by atoms with E-state index in [9.17, 15) is 4.79 Å². The lowest BCUT2D eigenvalue weighted by Crippen LogP contribution is -2.46. The number of amides is 2. The molecule has 1 aliphatic heterocycles. The van der Waals surface area contributed by atoms with Gasteiger partial charge in [-0.3, -0.25) is 4.98 Å². The van der Waals surface area contributed by atoms with Crippen LogP contribution in [0.1, 0.15) is 18.5 Å². The molecule has 0 saturated carbocycles. The van der Waals surface area contributed by atoms with Gasteiger partial charge in [-0.25, -0.2) is 4.79 Å². The van der Waals surface area contributed by atoms with Crippen LogP contribution in [-0.4, -0.2) is 48.8 Å². The number of hydrogen-bond donors (Lipinski definition) is 1. The van der Waals surface area contributed by atoms with E-state index in [4.69, 9.17) is 4.74 Å². The zero-order valence-electron chi connectivity index (χ0n) is 11.3. The van der Waals surface area contributed by atoms with Gasteiger partial charge in [0.2, 0.25) is 0 Å². The quantitative estimate of drug-likeness (QED) is 0.894. The Morgan fingerprint density at radius 3 is 2.89 bits per heavy atom. The third kappa shape index (κ3) is 4.21. The number of nitrogens with one attached hydrogen (secondary N) is 1. The monoisotopic (exact) mass is 263 g/mol. The zero-order chi connectivity index (χ0) is 13.5. The fourth-order valence-corrected chi connectivity index (χ4v) is 2.25. The second kappa shape index (κ2) is 7.09. The van der Waals surface area contributed by atoms with Gasteiger partial charge < -0.3 is 15.0 Å². The number of ether oxygens (including phenoxy) is 1. The molecule has 0 bridgehead atoms. The van der Waals surface area contributed by atoms with E-state index in [0.29, 0.717) is 12.6 Å². The summed E-state index contributed by atoms with van der Waals surface area (Å²) in [7, 11) is 1.73. The second-order valence-corrected chi connectivity index (χ2v) is 4.73. The second-order valence-electron chi connectivity index (χ2n) is 4.73. The van der Waals surface area contributed by atoms with Crippen molar-refractivity contribution < 1.29 is 9.53 Å². The molecule has 1 N–H and O–H groups in total. The number of nitrogens with zero attached hydrogens (tertiary/aromatic N) is 2. The molecular formula is C14H21N3O2. The smallest absolute Gasteiger partial charge is 0.317 e. The Labute approximate surface area is 114 Å². The Hall–Kier alpha value is -1.62. The molecule has 0 aromatic carbocycles. The summed E-state index contributed by atoms with van der Waals surface area (Å²) in [5.74, 6) is 0. The van der Waals surface area contributed by atoms with E-state index in [0.717, 1.165) is 38.0 Å². The number of likely N-dealkylation sites (tertiary alicyclic amines) is 1. The van der Waals surface area contributed by atoms with Crippen LogP contribution in [0.3, 0.4) is 0 Å². The zero-order valence-corrected chi connectivity index (χ0v) is 11.3. The Bertz CT molecular complexity index is 389. The van der Waals surface area contributed by atoms with Crippen LogP contribution in [-0.2, 0) is 11.2 Å². The molecule has 0 atom stereocenters. The predicted molar refractivity (Wildman–Crippen MR) is 72.9 cm³/mol. The lowest BCUT2D eigenvalue weighted by Gasteiger charge is -2.31. The Morgan fingerprint density at radius 1 is 1.47 bits per heavy atom. The van der Waals surface area contributed by atoms with Gasteiger partial charge in [0.1, 0.15) is 0 Å². The van der Waals surface area contributed by atoms with Crippen LogP contribution >= 0.6 is 0 Å². The number of carbonyl (C=O) groups excluding carboxylic acids is 1. The molecule has 1 aromatic heterocycles. The summed E-state index contributed by atoms with van der Waals surface area (Å²) in [6, 6.07) is 5.84. The van der Waals surface area contributed by atoms with Crippen molar-refractivity contribution in [3.05, 3.63) is 30.1 Å². The van der Waals surface area contributed by atoms with Gasteiger partial charge in [0, 0.05) is 45.1 Å². The fourth-order valence-electron chi connectivity index (χ4n) is 2.25. The molecule has 2 amide bonds. The van der Waals surface area contributed by atoms with E-state index >= 15 is 0 Å². The van der Waals surface area contributed by atoms with Gasteiger partial charge in [0.15, 0.2) is 0 Å². The van der Waals surface area contributed by atoms with Crippen molar-refractivity contribution >= 4 is 6.03 Å². The summed E-state index contributed by atoms with van der Waals surface area (Å²) in [5, 5.41) is 2.94. The van der Waals surface area contributed by atoms with Crippen molar-refractivity contribution in [3.63, 3.8) is 0 Å². The maximum atomic E-state index is 11.9. The topological polar surface area (TPSA) is 54.5 Å². The molecule has 0 spiro atoms. The first-order valence-electron chi connectivity index (χ1n) is 6.75. The van der Waals surface area contributed by atoms with Crippen LogP contribution in [0.15, 0.2) is 24.4 Å². The molecule has 0 radical (unpaired) electrons. The number of urea groups is 1. The molecule has 1 fully saturated rings. The van der Waals surface area contributed by atoms with Gasteiger partial charge in [-0.05, 0) is 25.0 Å². The van der Waals surface area contributed by atoms with Gasteiger partial charge in [-0.2, -0.15) is 0 Å². The molecule has 19 heavy (non-hydrogen) atoms. The van der Waals surface area contributed by atoms with E-state index in [1.807, 2.05) is 23.1 Å². The molecule has 104 valence electrons. The maximum absolute atomic E-state index is 11.9. The van der Waals surface area contributed by atoms with Crippen molar-refractivity contribution in [2.75, 3.05) is 26.7 Å². The number of rotatable bonds is 4. The van der Waals surface area contributed by atoms with E-state index in [1.54, 1.807) is 13.3 Å². The van der Waals surface area contributed by atoms with Crippen LogP contribution in [0.5, 0.6) is 0 Å². The first kappa shape index (κ1) is 13.8. The van der Waals surface area contributed by atoms with Crippen molar-refractivity contribution in [2.24, 2.45) is 0 Å². The standard InChI is InChI=1S/C14H21N3O2/c1-19-13-6-10-17(11-7-13)14(18)16-9-5-12-4-2-3-8-15-12/h2-4,8,13H,5-7,9-11H2,1H3,(H,16,18). The number of carbonyl (C=O) groups is 1. The minimum atomic E-state index is 0.0190. The number of hydrogen-bond acceptors (Lipinski definition) is 3. The highest BCUT2D eigenvalue weighted by atomic mass is 16.5. The third-order valence-electron chi connectivity index (χ3n) is 3.45. The summed E-state index contributed by atoms with van der Waals surface area (Å²) >= 11 is 0. The summed E-state index contributed by atoms with van der Waals surface area (Å²) in [5.41, 5.74) is 1.00. The average molecular weight is 263 g/mol. The highest BCUT2D eigenvalue weighted by Crippen LogP contribution is 2.12.